The largest absolute Gasteiger partial charge is 0.247 e. The number of hydrogen-bond acceptors (Lipinski definition) is 0. The molecule has 0 radical (unpaired) electrons. The van der Waals surface area contributed by atoms with Crippen molar-refractivity contribution in [1.82, 2.24) is 0 Å². The average molecular weight is 192 g/mol. The highest BCUT2D eigenvalue weighted by Crippen LogP contribution is 2.14. The molecule has 0 aliphatic carbocycles. The van der Waals surface area contributed by atoms with Crippen LogP contribution in [-0.4, -0.2) is 6.17 Å². The van der Waals surface area contributed by atoms with Crippen LogP contribution in [0.1, 0.15) is 24.5 Å². The van der Waals surface area contributed by atoms with Crippen molar-refractivity contribution >= 4 is 0 Å². The van der Waals surface area contributed by atoms with Gasteiger partial charge in [0.05, 0.1) is 0 Å². The van der Waals surface area contributed by atoms with E-state index in [-0.39, 0.29) is 0 Å². The molecule has 0 aliphatic heterocycles. The summed E-state index contributed by atoms with van der Waals surface area (Å²) >= 11 is 0. The summed E-state index contributed by atoms with van der Waals surface area (Å²) in [6.07, 6.45) is 3.08. The molecular formula is C13H17F. The topological polar surface area (TPSA) is 0 Å². The average Bonchev–Trinajstić information content (AvgIpc) is 2.21. The number of allylic oxidation sites excluding steroid dienone is 1. The number of halogens is 1. The van der Waals surface area contributed by atoms with E-state index in [0.29, 0.717) is 12.8 Å². The molecule has 0 N–H and O–H groups in total. The molecule has 0 fully saturated rings. The first kappa shape index (κ1) is 11.0. The highest BCUT2D eigenvalue weighted by molar-refractivity contribution is 5.29. The zero-order valence-corrected chi connectivity index (χ0v) is 8.67. The third-order valence-corrected chi connectivity index (χ3v) is 2.37. The van der Waals surface area contributed by atoms with Crippen molar-refractivity contribution in [2.45, 2.75) is 32.4 Å². The molecule has 1 heteroatoms. The Morgan fingerprint density at radius 3 is 2.57 bits per heavy atom. The zero-order valence-electron chi connectivity index (χ0n) is 8.67. The summed E-state index contributed by atoms with van der Waals surface area (Å²) in [5.41, 5.74) is 2.31. The lowest BCUT2D eigenvalue weighted by Crippen LogP contribution is -2.05. The molecule has 0 nitrogen and oxygen atoms in total. The molecule has 0 aromatic heterocycles. The normalized spacial score (nSPS) is 12.4. The summed E-state index contributed by atoms with van der Waals surface area (Å²) in [6.45, 7) is 5.58. The van der Waals surface area contributed by atoms with Crippen molar-refractivity contribution in [1.29, 1.82) is 0 Å². The van der Waals surface area contributed by atoms with Gasteiger partial charge in [-0.25, -0.2) is 4.39 Å². The van der Waals surface area contributed by atoms with Crippen molar-refractivity contribution < 1.29 is 4.39 Å². The summed E-state index contributed by atoms with van der Waals surface area (Å²) in [5.74, 6) is 0. The van der Waals surface area contributed by atoms with Gasteiger partial charge in [0.25, 0.3) is 0 Å². The number of benzene rings is 1. The summed E-state index contributed by atoms with van der Waals surface area (Å²) in [5, 5.41) is 0. The van der Waals surface area contributed by atoms with E-state index in [1.165, 1.54) is 5.56 Å². The van der Waals surface area contributed by atoms with Crippen LogP contribution in [0.25, 0.3) is 0 Å². The van der Waals surface area contributed by atoms with Crippen molar-refractivity contribution in [2.24, 2.45) is 0 Å². The van der Waals surface area contributed by atoms with Crippen LogP contribution >= 0.6 is 0 Å². The van der Waals surface area contributed by atoms with Crippen LogP contribution in [0.15, 0.2) is 36.9 Å². The molecule has 0 spiro atoms. The number of alkyl halides is 1. The molecular weight excluding hydrogens is 175 g/mol. The molecule has 14 heavy (non-hydrogen) atoms. The van der Waals surface area contributed by atoms with Crippen LogP contribution in [-0.2, 0) is 12.8 Å². The molecule has 0 saturated heterocycles. The first-order valence-corrected chi connectivity index (χ1v) is 5.09. The van der Waals surface area contributed by atoms with Crippen LogP contribution in [0, 0.1) is 0 Å². The second-order valence-electron chi connectivity index (χ2n) is 3.47. The van der Waals surface area contributed by atoms with Gasteiger partial charge in [-0.05, 0) is 24.0 Å². The first-order chi connectivity index (χ1) is 6.77. The summed E-state index contributed by atoms with van der Waals surface area (Å²) in [6, 6.07) is 7.99. The van der Waals surface area contributed by atoms with Crippen molar-refractivity contribution in [3.63, 3.8) is 0 Å². The van der Waals surface area contributed by atoms with Gasteiger partial charge in [-0.15, -0.1) is 6.58 Å². The van der Waals surface area contributed by atoms with Gasteiger partial charge in [0.2, 0.25) is 0 Å². The fourth-order valence-corrected chi connectivity index (χ4v) is 1.49. The van der Waals surface area contributed by atoms with Gasteiger partial charge in [0.15, 0.2) is 0 Å². The second-order valence-corrected chi connectivity index (χ2v) is 3.47. The summed E-state index contributed by atoms with van der Waals surface area (Å²) in [7, 11) is 0. The minimum atomic E-state index is -0.721. The lowest BCUT2D eigenvalue weighted by atomic mass is 9.99. The Balaban J connectivity index is 2.78. The molecule has 0 unspecified atom stereocenters. The van der Waals surface area contributed by atoms with Crippen LogP contribution in [0.4, 0.5) is 4.39 Å². The first-order valence-electron chi connectivity index (χ1n) is 5.09. The van der Waals surface area contributed by atoms with Crippen molar-refractivity contribution in [3.8, 4) is 0 Å². The van der Waals surface area contributed by atoms with Crippen LogP contribution < -0.4 is 0 Å². The van der Waals surface area contributed by atoms with Crippen LogP contribution in [0.3, 0.4) is 0 Å². The smallest absolute Gasteiger partial charge is 0.104 e. The molecule has 0 saturated carbocycles. The van der Waals surface area contributed by atoms with E-state index in [0.717, 1.165) is 12.0 Å². The number of rotatable bonds is 5. The maximum atomic E-state index is 13.2. The van der Waals surface area contributed by atoms with Crippen LogP contribution in [0.2, 0.25) is 0 Å². The van der Waals surface area contributed by atoms with Crippen LogP contribution in [0.5, 0.6) is 0 Å². The highest BCUT2D eigenvalue weighted by Gasteiger charge is 2.07. The highest BCUT2D eigenvalue weighted by atomic mass is 19.1. The van der Waals surface area contributed by atoms with Gasteiger partial charge < -0.3 is 0 Å². The van der Waals surface area contributed by atoms with Gasteiger partial charge in [-0.2, -0.15) is 0 Å². The second kappa shape index (κ2) is 5.58. The number of hydrogen-bond donors (Lipinski definition) is 0. The third-order valence-electron chi connectivity index (χ3n) is 2.37. The van der Waals surface area contributed by atoms with Gasteiger partial charge >= 0.3 is 0 Å². The van der Waals surface area contributed by atoms with E-state index >= 15 is 0 Å². The standard InChI is InChI=1S/C13H17F/c1-3-7-11-8-5-6-9-12(11)10-13(14)4-2/h3,5-6,8-9,13H,1,4,7,10H2,2H3/t13-/m0/s1. The maximum absolute atomic E-state index is 13.2. The van der Waals surface area contributed by atoms with Crippen molar-refractivity contribution in [3.05, 3.63) is 48.0 Å². The Kier molecular flexibility index (Phi) is 4.37. The lowest BCUT2D eigenvalue weighted by Gasteiger charge is -2.09. The molecule has 0 amide bonds. The van der Waals surface area contributed by atoms with E-state index in [4.69, 9.17) is 0 Å². The van der Waals surface area contributed by atoms with E-state index in [1.807, 2.05) is 37.3 Å². The maximum Gasteiger partial charge on any atom is 0.104 e. The summed E-state index contributed by atoms with van der Waals surface area (Å²) in [4.78, 5) is 0. The quantitative estimate of drug-likeness (QED) is 0.624. The Morgan fingerprint density at radius 1 is 1.36 bits per heavy atom. The predicted molar refractivity (Wildman–Crippen MR) is 59.2 cm³/mol. The summed E-state index contributed by atoms with van der Waals surface area (Å²) < 4.78 is 13.2. The Morgan fingerprint density at radius 2 is 2.00 bits per heavy atom. The molecule has 0 heterocycles. The van der Waals surface area contributed by atoms with Gasteiger partial charge in [-0.3, -0.25) is 0 Å². The van der Waals surface area contributed by atoms with Crippen molar-refractivity contribution in [2.75, 3.05) is 0 Å². The molecule has 1 aromatic rings. The van der Waals surface area contributed by atoms with Gasteiger partial charge in [0, 0.05) is 6.42 Å². The Bertz CT molecular complexity index is 291. The molecule has 0 bridgehead atoms. The third kappa shape index (κ3) is 2.99. The van der Waals surface area contributed by atoms with E-state index in [1.54, 1.807) is 0 Å². The lowest BCUT2D eigenvalue weighted by molar-refractivity contribution is 0.322. The SMILES string of the molecule is C=CCc1ccccc1C[C@@H](F)CC. The minimum absolute atomic E-state index is 0.528. The Labute approximate surface area is 85.5 Å². The molecule has 1 aromatic carbocycles. The van der Waals surface area contributed by atoms with E-state index in [2.05, 4.69) is 6.58 Å². The predicted octanol–water partition coefficient (Wildman–Crippen LogP) is 3.71. The fraction of sp³-hybridized carbons (Fsp3) is 0.385. The monoisotopic (exact) mass is 192 g/mol. The van der Waals surface area contributed by atoms with E-state index in [9.17, 15) is 4.39 Å². The molecule has 76 valence electrons. The molecule has 1 rings (SSSR count). The molecule has 0 aliphatic rings. The Hall–Kier alpha value is -1.11. The van der Waals surface area contributed by atoms with Gasteiger partial charge in [-0.1, -0.05) is 37.3 Å². The van der Waals surface area contributed by atoms with Gasteiger partial charge in [0.1, 0.15) is 6.17 Å². The van der Waals surface area contributed by atoms with E-state index < -0.39 is 6.17 Å². The zero-order chi connectivity index (χ0) is 10.4. The minimum Gasteiger partial charge on any atom is -0.247 e. The fourth-order valence-electron chi connectivity index (χ4n) is 1.49. The molecule has 1 atom stereocenters.